The first kappa shape index (κ1) is 18.6. The second-order valence-corrected chi connectivity index (χ2v) is 7.44. The Bertz CT molecular complexity index is 1430. The Morgan fingerprint density at radius 3 is 2.40 bits per heavy atom. The number of nitrogens with zero attached hydrogens (tertiary/aromatic N) is 3. The number of hydrogen-bond acceptors (Lipinski definition) is 4. The number of oxazole rings is 1. The largest absolute Gasteiger partial charge is 0.434 e. The molecule has 0 amide bonds. The zero-order valence-electron chi connectivity index (χ0n) is 15.4. The highest BCUT2D eigenvalue weighted by Crippen LogP contribution is 2.33. The first-order valence-corrected chi connectivity index (χ1v) is 9.86. The fourth-order valence-electron chi connectivity index (χ4n) is 3.25. The molecule has 0 radical (unpaired) electrons. The van der Waals surface area contributed by atoms with Gasteiger partial charge < -0.3 is 4.42 Å². The van der Waals surface area contributed by atoms with Crippen LogP contribution in [0, 0.1) is 0 Å². The molecular weight excluding hydrogens is 421 g/mol. The monoisotopic (exact) mass is 433 g/mol. The average molecular weight is 434 g/mol. The van der Waals surface area contributed by atoms with Crippen molar-refractivity contribution < 1.29 is 4.42 Å². The summed E-state index contributed by atoms with van der Waals surface area (Å²) in [5.74, 6) is 1.16. The van der Waals surface area contributed by atoms with Gasteiger partial charge in [0, 0.05) is 33.9 Å². The third-order valence-corrected chi connectivity index (χ3v) is 5.25. The van der Waals surface area contributed by atoms with Gasteiger partial charge in [0.15, 0.2) is 11.6 Å². The molecule has 5 aromatic rings. The lowest BCUT2D eigenvalue weighted by Gasteiger charge is -2.07. The van der Waals surface area contributed by atoms with E-state index in [2.05, 4.69) is 9.97 Å². The molecule has 2 aromatic carbocycles. The van der Waals surface area contributed by atoms with Crippen LogP contribution < -0.4 is 5.56 Å². The maximum absolute atomic E-state index is 13.2. The molecular formula is C23H13Cl2N3O2. The topological polar surface area (TPSA) is 60.9 Å². The van der Waals surface area contributed by atoms with E-state index < -0.39 is 0 Å². The Labute approximate surface area is 181 Å². The van der Waals surface area contributed by atoms with Gasteiger partial charge in [-0.1, -0.05) is 53.5 Å². The summed E-state index contributed by atoms with van der Waals surface area (Å²) in [6, 6.07) is 20.1. The number of halogens is 2. The normalized spacial score (nSPS) is 11.1. The van der Waals surface area contributed by atoms with Gasteiger partial charge in [-0.05, 0) is 36.4 Å². The summed E-state index contributed by atoms with van der Waals surface area (Å²) in [6.07, 6.45) is 3.11. The zero-order valence-corrected chi connectivity index (χ0v) is 16.9. The highest BCUT2D eigenvalue weighted by Gasteiger charge is 2.21. The minimum atomic E-state index is -0.330. The van der Waals surface area contributed by atoms with Gasteiger partial charge in [-0.2, -0.15) is 4.98 Å². The second kappa shape index (κ2) is 7.44. The Hall–Kier alpha value is -3.41. The van der Waals surface area contributed by atoms with Crippen molar-refractivity contribution >= 4 is 34.1 Å². The molecule has 5 nitrogen and oxygen atoms in total. The number of fused-ring (bicyclic) bond motifs is 1. The number of benzene rings is 2. The van der Waals surface area contributed by atoms with Crippen molar-refractivity contribution in [2.75, 3.05) is 0 Å². The molecule has 0 saturated heterocycles. The van der Waals surface area contributed by atoms with Crippen molar-refractivity contribution in [3.8, 4) is 28.6 Å². The van der Waals surface area contributed by atoms with E-state index in [1.54, 1.807) is 36.7 Å². The SMILES string of the molecule is O=c1c2ncccc2c(Cl)cn1-c1nc(-c2ccc(Cl)cc2)oc1-c1ccccc1. The number of hydrogen-bond donors (Lipinski definition) is 0. The molecule has 0 aliphatic heterocycles. The third-order valence-electron chi connectivity index (χ3n) is 4.69. The van der Waals surface area contributed by atoms with E-state index in [0.29, 0.717) is 32.9 Å². The smallest absolute Gasteiger partial charge is 0.282 e. The van der Waals surface area contributed by atoms with Crippen molar-refractivity contribution in [2.45, 2.75) is 0 Å². The molecule has 5 rings (SSSR count). The average Bonchev–Trinajstić information content (AvgIpc) is 3.22. The molecule has 30 heavy (non-hydrogen) atoms. The lowest BCUT2D eigenvalue weighted by molar-refractivity contribution is 0.588. The second-order valence-electron chi connectivity index (χ2n) is 6.60. The molecule has 7 heteroatoms. The lowest BCUT2D eigenvalue weighted by atomic mass is 10.2. The van der Waals surface area contributed by atoms with Gasteiger partial charge >= 0.3 is 0 Å². The summed E-state index contributed by atoms with van der Waals surface area (Å²) in [7, 11) is 0. The van der Waals surface area contributed by atoms with Crippen molar-refractivity contribution in [2.24, 2.45) is 0 Å². The highest BCUT2D eigenvalue weighted by atomic mass is 35.5. The van der Waals surface area contributed by atoms with E-state index in [-0.39, 0.29) is 11.1 Å². The van der Waals surface area contributed by atoms with Gasteiger partial charge in [0.25, 0.3) is 5.56 Å². The van der Waals surface area contributed by atoms with E-state index in [0.717, 1.165) is 11.1 Å². The molecule has 0 aliphatic carbocycles. The van der Waals surface area contributed by atoms with Crippen molar-refractivity contribution in [3.05, 3.63) is 99.5 Å². The standard InChI is InChI=1S/C23H13Cl2N3O2/c24-16-10-8-15(9-11-16)22-27-21(20(30-22)14-5-2-1-3-6-14)28-13-18(25)17-7-4-12-26-19(17)23(28)29/h1-13H. The van der Waals surface area contributed by atoms with Crippen LogP contribution >= 0.6 is 23.2 Å². The Morgan fingerprint density at radius 2 is 1.63 bits per heavy atom. The summed E-state index contributed by atoms with van der Waals surface area (Å²) in [4.78, 5) is 22.0. The van der Waals surface area contributed by atoms with Crippen LogP contribution in [0.3, 0.4) is 0 Å². The molecule has 0 atom stereocenters. The highest BCUT2D eigenvalue weighted by molar-refractivity contribution is 6.35. The van der Waals surface area contributed by atoms with Crippen LogP contribution in [0.15, 0.2) is 88.3 Å². The fourth-order valence-corrected chi connectivity index (χ4v) is 3.63. The maximum atomic E-state index is 13.2. The quantitative estimate of drug-likeness (QED) is 0.349. The zero-order chi connectivity index (χ0) is 20.7. The third kappa shape index (κ3) is 3.18. The molecule has 0 saturated carbocycles. The molecule has 0 unspecified atom stereocenters. The van der Waals surface area contributed by atoms with Crippen LogP contribution in [0.1, 0.15) is 0 Å². The molecule has 0 N–H and O–H groups in total. The van der Waals surface area contributed by atoms with Gasteiger partial charge in [0.2, 0.25) is 5.89 Å². The summed E-state index contributed by atoms with van der Waals surface area (Å²) >= 11 is 12.5. The van der Waals surface area contributed by atoms with E-state index >= 15 is 0 Å². The maximum Gasteiger partial charge on any atom is 0.282 e. The van der Waals surface area contributed by atoms with Crippen molar-refractivity contribution in [1.29, 1.82) is 0 Å². The van der Waals surface area contributed by atoms with Crippen LogP contribution in [0.25, 0.3) is 39.5 Å². The Morgan fingerprint density at radius 1 is 0.867 bits per heavy atom. The van der Waals surface area contributed by atoms with E-state index in [9.17, 15) is 4.79 Å². The first-order chi connectivity index (χ1) is 14.6. The van der Waals surface area contributed by atoms with Gasteiger partial charge in [0.05, 0.1) is 5.02 Å². The molecule has 3 heterocycles. The number of aromatic nitrogens is 3. The van der Waals surface area contributed by atoms with Crippen molar-refractivity contribution in [3.63, 3.8) is 0 Å². The fraction of sp³-hybridized carbons (Fsp3) is 0. The Balaban J connectivity index is 1.79. The minimum absolute atomic E-state index is 0.264. The van der Waals surface area contributed by atoms with E-state index in [4.69, 9.17) is 27.6 Å². The van der Waals surface area contributed by atoms with Crippen LogP contribution in [0.4, 0.5) is 0 Å². The molecule has 3 aromatic heterocycles. The van der Waals surface area contributed by atoms with Gasteiger partial charge in [0.1, 0.15) is 5.52 Å². The first-order valence-electron chi connectivity index (χ1n) is 9.10. The van der Waals surface area contributed by atoms with Gasteiger partial charge in [-0.3, -0.25) is 14.3 Å². The molecule has 0 bridgehead atoms. The minimum Gasteiger partial charge on any atom is -0.434 e. The number of rotatable bonds is 3. The van der Waals surface area contributed by atoms with E-state index in [1.807, 2.05) is 42.5 Å². The predicted octanol–water partition coefficient (Wildman–Crippen LogP) is 6.01. The Kier molecular flexibility index (Phi) is 4.62. The van der Waals surface area contributed by atoms with Crippen LogP contribution in [-0.2, 0) is 0 Å². The van der Waals surface area contributed by atoms with Crippen LogP contribution in [0.5, 0.6) is 0 Å². The predicted molar refractivity (Wildman–Crippen MR) is 118 cm³/mol. The van der Waals surface area contributed by atoms with E-state index in [1.165, 1.54) is 4.57 Å². The van der Waals surface area contributed by atoms with Gasteiger partial charge in [-0.25, -0.2) is 0 Å². The summed E-state index contributed by atoms with van der Waals surface area (Å²) < 4.78 is 7.49. The molecule has 0 aliphatic rings. The number of pyridine rings is 2. The summed E-state index contributed by atoms with van der Waals surface area (Å²) in [5.41, 5.74) is 1.45. The molecule has 146 valence electrons. The lowest BCUT2D eigenvalue weighted by Crippen LogP contribution is -2.19. The summed E-state index contributed by atoms with van der Waals surface area (Å²) in [6.45, 7) is 0. The van der Waals surface area contributed by atoms with Crippen LogP contribution in [-0.4, -0.2) is 14.5 Å². The molecule has 0 fully saturated rings. The summed E-state index contributed by atoms with van der Waals surface area (Å²) in [5, 5.41) is 1.59. The van der Waals surface area contributed by atoms with Gasteiger partial charge in [-0.15, -0.1) is 0 Å². The molecule has 0 spiro atoms. The van der Waals surface area contributed by atoms with Crippen LogP contribution in [0.2, 0.25) is 10.0 Å². The van der Waals surface area contributed by atoms with Crippen molar-refractivity contribution in [1.82, 2.24) is 14.5 Å².